The van der Waals surface area contributed by atoms with Crippen LogP contribution < -0.4 is 0 Å². The molecule has 1 aliphatic rings. The monoisotopic (exact) mass is 281 g/mol. The first-order valence-electron chi connectivity index (χ1n) is 7.24. The SMILES string of the molecule is C=CCN(Cc1ccco1)C(=O)C1(c2ccccc2)CC1. The summed E-state index contributed by atoms with van der Waals surface area (Å²) in [5.74, 6) is 0.971. The van der Waals surface area contributed by atoms with Gasteiger partial charge in [-0.25, -0.2) is 0 Å². The van der Waals surface area contributed by atoms with Crippen LogP contribution in [0.3, 0.4) is 0 Å². The Morgan fingerprint density at radius 1 is 1.24 bits per heavy atom. The molecule has 0 bridgehead atoms. The summed E-state index contributed by atoms with van der Waals surface area (Å²) in [6.07, 6.45) is 5.24. The Morgan fingerprint density at radius 3 is 2.57 bits per heavy atom. The second-order valence-corrected chi connectivity index (χ2v) is 5.50. The average Bonchev–Trinajstić information content (AvgIpc) is 3.18. The molecule has 21 heavy (non-hydrogen) atoms. The van der Waals surface area contributed by atoms with Crippen LogP contribution in [0.2, 0.25) is 0 Å². The number of hydrogen-bond donors (Lipinski definition) is 0. The molecule has 1 aliphatic carbocycles. The van der Waals surface area contributed by atoms with E-state index in [1.54, 1.807) is 12.3 Å². The highest BCUT2D eigenvalue weighted by atomic mass is 16.3. The molecule has 0 spiro atoms. The molecule has 1 fully saturated rings. The van der Waals surface area contributed by atoms with Crippen molar-refractivity contribution < 1.29 is 9.21 Å². The van der Waals surface area contributed by atoms with Crippen molar-refractivity contribution in [2.24, 2.45) is 0 Å². The van der Waals surface area contributed by atoms with Gasteiger partial charge in [0.25, 0.3) is 0 Å². The Morgan fingerprint density at radius 2 is 2.00 bits per heavy atom. The number of amides is 1. The second-order valence-electron chi connectivity index (χ2n) is 5.50. The Hall–Kier alpha value is -2.29. The molecule has 0 saturated heterocycles. The van der Waals surface area contributed by atoms with E-state index in [0.29, 0.717) is 13.1 Å². The number of nitrogens with zero attached hydrogens (tertiary/aromatic N) is 1. The van der Waals surface area contributed by atoms with Gasteiger partial charge in [-0.1, -0.05) is 36.4 Å². The Bertz CT molecular complexity index is 612. The minimum atomic E-state index is -0.336. The molecule has 0 unspecified atom stereocenters. The van der Waals surface area contributed by atoms with Crippen LogP contribution >= 0.6 is 0 Å². The van der Waals surface area contributed by atoms with Crippen molar-refractivity contribution in [3.05, 3.63) is 72.7 Å². The first kappa shape index (κ1) is 13.7. The van der Waals surface area contributed by atoms with Crippen molar-refractivity contribution in [2.45, 2.75) is 24.8 Å². The lowest BCUT2D eigenvalue weighted by Crippen LogP contribution is -2.39. The molecule has 0 N–H and O–H groups in total. The lowest BCUT2D eigenvalue weighted by atomic mass is 9.94. The van der Waals surface area contributed by atoms with Gasteiger partial charge in [-0.2, -0.15) is 0 Å². The van der Waals surface area contributed by atoms with Gasteiger partial charge in [-0.3, -0.25) is 4.79 Å². The van der Waals surface area contributed by atoms with Crippen LogP contribution in [0.25, 0.3) is 0 Å². The molecule has 1 heterocycles. The summed E-state index contributed by atoms with van der Waals surface area (Å²) < 4.78 is 5.37. The van der Waals surface area contributed by atoms with Crippen LogP contribution in [0.15, 0.2) is 65.8 Å². The lowest BCUT2D eigenvalue weighted by molar-refractivity contribution is -0.134. The molecular formula is C18H19NO2. The molecule has 1 aromatic heterocycles. The molecule has 108 valence electrons. The molecule has 3 heteroatoms. The summed E-state index contributed by atoms with van der Waals surface area (Å²) in [6.45, 7) is 4.79. The van der Waals surface area contributed by atoms with Crippen LogP contribution in [0.4, 0.5) is 0 Å². The van der Waals surface area contributed by atoms with Gasteiger partial charge in [-0.15, -0.1) is 6.58 Å². The summed E-state index contributed by atoms with van der Waals surface area (Å²) in [6, 6.07) is 13.8. The summed E-state index contributed by atoms with van der Waals surface area (Å²) in [7, 11) is 0. The Balaban J connectivity index is 1.82. The third-order valence-electron chi connectivity index (χ3n) is 4.05. The standard InChI is InChI=1S/C18H19NO2/c1-2-12-19(14-16-9-6-13-21-16)17(20)18(10-11-18)15-7-4-3-5-8-15/h2-9,13H,1,10-12,14H2. The van der Waals surface area contributed by atoms with Crippen molar-refractivity contribution in [2.75, 3.05) is 6.54 Å². The number of rotatable bonds is 6. The minimum Gasteiger partial charge on any atom is -0.467 e. The van der Waals surface area contributed by atoms with Crippen LogP contribution in [0.5, 0.6) is 0 Å². The highest BCUT2D eigenvalue weighted by Crippen LogP contribution is 2.49. The third kappa shape index (κ3) is 2.64. The summed E-state index contributed by atoms with van der Waals surface area (Å²) in [5, 5.41) is 0. The average molecular weight is 281 g/mol. The minimum absolute atomic E-state index is 0.171. The fourth-order valence-electron chi connectivity index (χ4n) is 2.78. The molecule has 1 amide bonds. The first-order valence-corrected chi connectivity index (χ1v) is 7.24. The van der Waals surface area contributed by atoms with Crippen LogP contribution in [-0.4, -0.2) is 17.4 Å². The van der Waals surface area contributed by atoms with Crippen molar-refractivity contribution in [1.29, 1.82) is 0 Å². The van der Waals surface area contributed by atoms with Gasteiger partial charge >= 0.3 is 0 Å². The summed E-state index contributed by atoms with van der Waals surface area (Å²) >= 11 is 0. The number of hydrogen-bond acceptors (Lipinski definition) is 2. The molecule has 2 aromatic rings. The van der Waals surface area contributed by atoms with Crippen LogP contribution in [0, 0.1) is 0 Å². The normalized spacial score (nSPS) is 15.4. The highest BCUT2D eigenvalue weighted by molar-refractivity contribution is 5.91. The first-order chi connectivity index (χ1) is 10.3. The molecular weight excluding hydrogens is 262 g/mol. The maximum atomic E-state index is 13.0. The molecule has 1 saturated carbocycles. The van der Waals surface area contributed by atoms with E-state index >= 15 is 0 Å². The van der Waals surface area contributed by atoms with E-state index in [1.165, 1.54) is 0 Å². The maximum absolute atomic E-state index is 13.0. The van der Waals surface area contributed by atoms with Crippen LogP contribution in [0.1, 0.15) is 24.2 Å². The van der Waals surface area contributed by atoms with Crippen molar-refractivity contribution in [1.82, 2.24) is 4.90 Å². The topological polar surface area (TPSA) is 33.5 Å². The van der Waals surface area contributed by atoms with Gasteiger partial charge in [0.05, 0.1) is 18.2 Å². The molecule has 0 aliphatic heterocycles. The molecule has 0 radical (unpaired) electrons. The zero-order chi connectivity index (χ0) is 14.7. The highest BCUT2D eigenvalue weighted by Gasteiger charge is 2.52. The number of benzene rings is 1. The quantitative estimate of drug-likeness (QED) is 0.759. The predicted molar refractivity (Wildman–Crippen MR) is 81.7 cm³/mol. The fourth-order valence-corrected chi connectivity index (χ4v) is 2.78. The van der Waals surface area contributed by atoms with Gasteiger partial charge in [0.1, 0.15) is 5.76 Å². The van der Waals surface area contributed by atoms with E-state index in [4.69, 9.17) is 4.42 Å². The van der Waals surface area contributed by atoms with Crippen molar-refractivity contribution in [3.8, 4) is 0 Å². The zero-order valence-corrected chi connectivity index (χ0v) is 12.0. The van der Waals surface area contributed by atoms with E-state index in [-0.39, 0.29) is 11.3 Å². The fraction of sp³-hybridized carbons (Fsp3) is 0.278. The van der Waals surface area contributed by atoms with Gasteiger partial charge in [0.15, 0.2) is 0 Å². The molecule has 1 aromatic carbocycles. The van der Waals surface area contributed by atoms with Gasteiger partial charge in [-0.05, 0) is 30.5 Å². The van der Waals surface area contributed by atoms with Crippen molar-refractivity contribution >= 4 is 5.91 Å². The Kier molecular flexibility index (Phi) is 3.65. The Labute approximate surface area is 124 Å². The maximum Gasteiger partial charge on any atom is 0.233 e. The van der Waals surface area contributed by atoms with E-state index in [2.05, 4.69) is 6.58 Å². The van der Waals surface area contributed by atoms with Gasteiger partial charge in [0, 0.05) is 6.54 Å². The van der Waals surface area contributed by atoms with Gasteiger partial charge in [0.2, 0.25) is 5.91 Å². The second kappa shape index (κ2) is 5.60. The largest absolute Gasteiger partial charge is 0.467 e. The molecule has 3 rings (SSSR count). The summed E-state index contributed by atoms with van der Waals surface area (Å²) in [4.78, 5) is 14.8. The summed E-state index contributed by atoms with van der Waals surface area (Å²) in [5.41, 5.74) is 0.778. The van der Waals surface area contributed by atoms with Crippen molar-refractivity contribution in [3.63, 3.8) is 0 Å². The van der Waals surface area contributed by atoms with Gasteiger partial charge < -0.3 is 9.32 Å². The number of carbonyl (C=O) groups is 1. The van der Waals surface area contributed by atoms with E-state index in [0.717, 1.165) is 24.2 Å². The third-order valence-corrected chi connectivity index (χ3v) is 4.05. The molecule has 3 nitrogen and oxygen atoms in total. The van der Waals surface area contributed by atoms with E-state index in [9.17, 15) is 4.79 Å². The number of carbonyl (C=O) groups excluding carboxylic acids is 1. The smallest absolute Gasteiger partial charge is 0.233 e. The lowest BCUT2D eigenvalue weighted by Gasteiger charge is -2.26. The zero-order valence-electron chi connectivity index (χ0n) is 12.0. The van der Waals surface area contributed by atoms with E-state index in [1.807, 2.05) is 47.4 Å². The molecule has 0 atom stereocenters. The van der Waals surface area contributed by atoms with Crippen LogP contribution in [-0.2, 0) is 16.8 Å². The number of furan rings is 1. The van der Waals surface area contributed by atoms with E-state index < -0.39 is 0 Å². The predicted octanol–water partition coefficient (Wildman–Crippen LogP) is 3.53.